The van der Waals surface area contributed by atoms with Crippen LogP contribution in [0.5, 0.6) is 0 Å². The number of hydrogen-bond acceptors (Lipinski definition) is 7. The van der Waals surface area contributed by atoms with Gasteiger partial charge in [-0.1, -0.05) is 6.07 Å². The third-order valence-corrected chi connectivity index (χ3v) is 4.99. The van der Waals surface area contributed by atoms with Crippen LogP contribution in [0.1, 0.15) is 34.7 Å². The Morgan fingerprint density at radius 2 is 1.94 bits per heavy atom. The van der Waals surface area contributed by atoms with E-state index in [-0.39, 0.29) is 23.6 Å². The van der Waals surface area contributed by atoms with Gasteiger partial charge >= 0.3 is 6.18 Å². The van der Waals surface area contributed by atoms with Gasteiger partial charge < -0.3 is 10.2 Å². The van der Waals surface area contributed by atoms with Gasteiger partial charge in [0, 0.05) is 30.8 Å². The van der Waals surface area contributed by atoms with Gasteiger partial charge in [0.05, 0.1) is 5.69 Å². The minimum Gasteiger partial charge on any atom is -0.356 e. The molecule has 1 amide bonds. The van der Waals surface area contributed by atoms with E-state index < -0.39 is 11.9 Å². The fourth-order valence-electron chi connectivity index (χ4n) is 3.45. The number of rotatable bonds is 4. The molecule has 0 radical (unpaired) electrons. The molecule has 3 aromatic rings. The van der Waals surface area contributed by atoms with Crippen molar-refractivity contribution in [1.29, 1.82) is 0 Å². The predicted molar refractivity (Wildman–Crippen MR) is 104 cm³/mol. The van der Waals surface area contributed by atoms with Crippen LogP contribution >= 0.6 is 0 Å². The Morgan fingerprint density at radius 3 is 2.61 bits per heavy atom. The summed E-state index contributed by atoms with van der Waals surface area (Å²) in [6.07, 6.45) is -1.91. The zero-order valence-electron chi connectivity index (χ0n) is 16.5. The van der Waals surface area contributed by atoms with E-state index >= 15 is 0 Å². The number of piperidine rings is 1. The summed E-state index contributed by atoms with van der Waals surface area (Å²) in [5.41, 5.74) is 0.177. The summed E-state index contributed by atoms with van der Waals surface area (Å²) in [4.78, 5) is 22.1. The Labute approximate surface area is 175 Å². The molecule has 162 valence electrons. The fraction of sp³-hybridized carbons (Fsp3) is 0.368. The van der Waals surface area contributed by atoms with Crippen molar-refractivity contribution >= 4 is 11.7 Å². The van der Waals surface area contributed by atoms with Crippen LogP contribution in [-0.2, 0) is 6.18 Å². The summed E-state index contributed by atoms with van der Waals surface area (Å²) in [6.45, 7) is 2.39. The molecule has 1 N–H and O–H groups in total. The van der Waals surface area contributed by atoms with Crippen molar-refractivity contribution in [1.82, 2.24) is 35.5 Å². The van der Waals surface area contributed by atoms with Crippen molar-refractivity contribution in [3.8, 4) is 5.69 Å². The summed E-state index contributed by atoms with van der Waals surface area (Å²) >= 11 is 0. The number of benzene rings is 1. The minimum atomic E-state index is -4.52. The molecule has 1 fully saturated rings. The lowest BCUT2D eigenvalue weighted by Gasteiger charge is -2.33. The average Bonchev–Trinajstić information content (AvgIpc) is 3.28. The highest BCUT2D eigenvalue weighted by molar-refractivity contribution is 5.94. The van der Waals surface area contributed by atoms with Crippen LogP contribution in [0.4, 0.5) is 19.0 Å². The Balaban J connectivity index is 1.38. The van der Waals surface area contributed by atoms with Gasteiger partial charge in [-0.3, -0.25) is 4.79 Å². The molecule has 12 heteroatoms. The van der Waals surface area contributed by atoms with Crippen LogP contribution in [0.25, 0.3) is 5.69 Å². The van der Waals surface area contributed by atoms with E-state index in [4.69, 9.17) is 0 Å². The molecule has 0 unspecified atom stereocenters. The summed E-state index contributed by atoms with van der Waals surface area (Å²) in [7, 11) is 0. The second-order valence-electron chi connectivity index (χ2n) is 7.20. The van der Waals surface area contributed by atoms with Crippen LogP contribution in [0.15, 0.2) is 36.7 Å². The van der Waals surface area contributed by atoms with E-state index in [0.717, 1.165) is 6.07 Å². The monoisotopic (exact) mass is 432 g/mol. The second kappa shape index (κ2) is 8.28. The smallest absolute Gasteiger partial charge is 0.356 e. The number of aryl methyl sites for hydroxylation is 1. The average molecular weight is 432 g/mol. The molecule has 1 aliphatic heterocycles. The molecule has 1 saturated heterocycles. The van der Waals surface area contributed by atoms with Crippen molar-refractivity contribution in [3.63, 3.8) is 0 Å². The molecule has 1 aromatic carbocycles. The zero-order valence-corrected chi connectivity index (χ0v) is 16.5. The molecule has 1 aliphatic rings. The largest absolute Gasteiger partial charge is 0.433 e. The first-order chi connectivity index (χ1) is 14.8. The van der Waals surface area contributed by atoms with Gasteiger partial charge in [-0.2, -0.15) is 13.2 Å². The zero-order chi connectivity index (χ0) is 22.0. The molecule has 9 nitrogen and oxygen atoms in total. The van der Waals surface area contributed by atoms with Crippen LogP contribution in [0.2, 0.25) is 0 Å². The molecule has 0 atom stereocenters. The van der Waals surface area contributed by atoms with Crippen LogP contribution in [0, 0.1) is 6.92 Å². The van der Waals surface area contributed by atoms with Gasteiger partial charge in [0.2, 0.25) is 0 Å². The van der Waals surface area contributed by atoms with Crippen LogP contribution in [-0.4, -0.2) is 55.2 Å². The number of amides is 1. The maximum atomic E-state index is 13.0. The van der Waals surface area contributed by atoms with Crippen LogP contribution in [0.3, 0.4) is 0 Å². The normalized spacial score (nSPS) is 15.2. The number of carbonyl (C=O) groups excluding carboxylic acids is 1. The van der Waals surface area contributed by atoms with Gasteiger partial charge in [-0.05, 0) is 48.4 Å². The van der Waals surface area contributed by atoms with Gasteiger partial charge in [0.25, 0.3) is 5.91 Å². The highest BCUT2D eigenvalue weighted by Crippen LogP contribution is 2.30. The summed E-state index contributed by atoms with van der Waals surface area (Å²) in [5, 5.41) is 13.9. The van der Waals surface area contributed by atoms with Gasteiger partial charge in [0.1, 0.15) is 23.7 Å². The minimum absolute atomic E-state index is 0.0720. The first-order valence-electron chi connectivity index (χ1n) is 9.62. The second-order valence-corrected chi connectivity index (χ2v) is 7.20. The molecule has 0 saturated carbocycles. The summed E-state index contributed by atoms with van der Waals surface area (Å²) < 4.78 is 40.5. The lowest BCUT2D eigenvalue weighted by Crippen LogP contribution is -2.45. The summed E-state index contributed by atoms with van der Waals surface area (Å²) in [6, 6.07) is 7.78. The molecular formula is C19H19F3N8O. The van der Waals surface area contributed by atoms with E-state index in [2.05, 4.69) is 30.8 Å². The Morgan fingerprint density at radius 1 is 1.16 bits per heavy atom. The van der Waals surface area contributed by atoms with Crippen LogP contribution < -0.4 is 10.2 Å². The molecule has 0 aliphatic carbocycles. The number of nitrogens with one attached hydrogen (secondary N) is 1. The third kappa shape index (κ3) is 4.78. The molecular weight excluding hydrogens is 413 g/mol. The van der Waals surface area contributed by atoms with Crippen molar-refractivity contribution in [3.05, 3.63) is 53.7 Å². The molecule has 0 bridgehead atoms. The number of tetrazole rings is 1. The fourth-order valence-corrected chi connectivity index (χ4v) is 3.45. The van der Waals surface area contributed by atoms with Gasteiger partial charge in [-0.25, -0.2) is 14.6 Å². The highest BCUT2D eigenvalue weighted by atomic mass is 19.4. The van der Waals surface area contributed by atoms with Crippen molar-refractivity contribution in [2.75, 3.05) is 18.0 Å². The molecule has 0 spiro atoms. The molecule has 31 heavy (non-hydrogen) atoms. The van der Waals surface area contributed by atoms with E-state index in [9.17, 15) is 18.0 Å². The number of aromatic nitrogens is 6. The number of carbonyl (C=O) groups is 1. The highest BCUT2D eigenvalue weighted by Gasteiger charge is 2.34. The van der Waals surface area contributed by atoms with E-state index in [1.807, 2.05) is 0 Å². The first-order valence-corrected chi connectivity index (χ1v) is 9.62. The Hall–Kier alpha value is -3.57. The SMILES string of the molecule is Cc1nc(N2CCC(NC(=O)c3cccc(-n4cnnn4)c3)CC2)cc(C(F)(F)F)n1. The number of anilines is 1. The number of halogens is 3. The molecule has 3 heterocycles. The molecule has 2 aromatic heterocycles. The standard InChI is InChI=1S/C19H19F3N8O/c1-12-24-16(19(20,21)22)10-17(25-12)29-7-5-14(6-8-29)26-18(31)13-3-2-4-15(9-13)30-11-23-27-28-30/h2-4,9-11,14H,5-8H2,1H3,(H,26,31). The quantitative estimate of drug-likeness (QED) is 0.674. The maximum Gasteiger partial charge on any atom is 0.433 e. The number of alkyl halides is 3. The Bertz CT molecular complexity index is 1060. The summed E-state index contributed by atoms with van der Waals surface area (Å²) in [5.74, 6) is 0.0899. The lowest BCUT2D eigenvalue weighted by molar-refractivity contribution is -0.141. The van der Waals surface area contributed by atoms with Crippen molar-refractivity contribution in [2.45, 2.75) is 32.0 Å². The maximum absolute atomic E-state index is 13.0. The number of nitrogens with zero attached hydrogens (tertiary/aromatic N) is 7. The number of hydrogen-bond donors (Lipinski definition) is 1. The first kappa shape index (κ1) is 20.7. The topological polar surface area (TPSA) is 102 Å². The van der Waals surface area contributed by atoms with E-state index in [1.54, 1.807) is 29.2 Å². The van der Waals surface area contributed by atoms with E-state index in [1.165, 1.54) is 17.9 Å². The van der Waals surface area contributed by atoms with Crippen molar-refractivity contribution < 1.29 is 18.0 Å². The Kier molecular flexibility index (Phi) is 5.53. The third-order valence-electron chi connectivity index (χ3n) is 4.99. The van der Waals surface area contributed by atoms with Gasteiger partial charge in [-0.15, -0.1) is 5.10 Å². The molecule has 4 rings (SSSR count). The van der Waals surface area contributed by atoms with Gasteiger partial charge in [0.15, 0.2) is 0 Å². The van der Waals surface area contributed by atoms with Crippen molar-refractivity contribution in [2.24, 2.45) is 0 Å². The lowest BCUT2D eigenvalue weighted by atomic mass is 10.0. The predicted octanol–water partition coefficient (Wildman–Crippen LogP) is 2.18. The van der Waals surface area contributed by atoms with E-state index in [0.29, 0.717) is 37.2 Å².